The minimum Gasteiger partial charge on any atom is -0.326 e. The van der Waals surface area contributed by atoms with Crippen molar-refractivity contribution in [3.8, 4) is 0 Å². The molecule has 0 bridgehead atoms. The lowest BCUT2D eigenvalue weighted by molar-refractivity contribution is -0.118. The molecular formula is C26H27IN2O2S. The lowest BCUT2D eigenvalue weighted by atomic mass is 9.92. The molecule has 3 aromatic rings. The smallest absolute Gasteiger partial charge is 0.242 e. The fraction of sp³-hybridized carbons (Fsp3) is 0.231. The van der Waals surface area contributed by atoms with Gasteiger partial charge in [0, 0.05) is 26.3 Å². The van der Waals surface area contributed by atoms with Gasteiger partial charge in [0.1, 0.15) is 5.25 Å². The number of rotatable bonds is 7. The highest BCUT2D eigenvalue weighted by Gasteiger charge is 2.23. The molecule has 32 heavy (non-hydrogen) atoms. The largest absolute Gasteiger partial charge is 0.326 e. The summed E-state index contributed by atoms with van der Waals surface area (Å²) >= 11 is 3.70. The van der Waals surface area contributed by atoms with E-state index in [2.05, 4.69) is 33.2 Å². The Kier molecular flexibility index (Phi) is 8.37. The van der Waals surface area contributed by atoms with Crippen LogP contribution in [0, 0.1) is 8.99 Å². The monoisotopic (exact) mass is 558 g/mol. The molecule has 166 valence electrons. The van der Waals surface area contributed by atoms with E-state index < -0.39 is 5.25 Å². The Bertz CT molecular complexity index is 1060. The zero-order valence-electron chi connectivity index (χ0n) is 18.4. The van der Waals surface area contributed by atoms with Crippen LogP contribution in [0.5, 0.6) is 0 Å². The van der Waals surface area contributed by atoms with E-state index in [0.29, 0.717) is 6.42 Å². The van der Waals surface area contributed by atoms with E-state index >= 15 is 0 Å². The molecule has 0 aromatic heterocycles. The van der Waals surface area contributed by atoms with Crippen LogP contribution in [-0.2, 0) is 9.59 Å². The SMILES string of the molecule is CC(C)(C)CC(=O)Nc1cccc(SC(C(=O)Nc2ccc(I)cc2)c2ccccc2)c1. The van der Waals surface area contributed by atoms with Crippen molar-refractivity contribution in [1.82, 2.24) is 0 Å². The van der Waals surface area contributed by atoms with Crippen molar-refractivity contribution in [2.24, 2.45) is 5.41 Å². The topological polar surface area (TPSA) is 58.2 Å². The van der Waals surface area contributed by atoms with E-state index in [0.717, 1.165) is 25.4 Å². The van der Waals surface area contributed by atoms with Crippen molar-refractivity contribution in [1.29, 1.82) is 0 Å². The van der Waals surface area contributed by atoms with Crippen molar-refractivity contribution in [2.75, 3.05) is 10.6 Å². The third kappa shape index (κ3) is 7.67. The average Bonchev–Trinajstić information content (AvgIpc) is 2.73. The number of anilines is 2. The molecule has 0 saturated heterocycles. The molecule has 0 heterocycles. The Morgan fingerprint density at radius 1 is 0.875 bits per heavy atom. The third-order valence-electron chi connectivity index (χ3n) is 4.51. The molecule has 0 saturated carbocycles. The molecule has 3 rings (SSSR count). The zero-order valence-corrected chi connectivity index (χ0v) is 21.4. The Hall–Kier alpha value is -2.32. The Balaban J connectivity index is 1.78. The maximum Gasteiger partial charge on any atom is 0.242 e. The fourth-order valence-electron chi connectivity index (χ4n) is 3.11. The summed E-state index contributed by atoms with van der Waals surface area (Å²) in [5.41, 5.74) is 2.33. The normalized spacial score (nSPS) is 12.1. The first-order chi connectivity index (χ1) is 15.2. The van der Waals surface area contributed by atoms with Crippen molar-refractivity contribution in [2.45, 2.75) is 37.3 Å². The van der Waals surface area contributed by atoms with Crippen molar-refractivity contribution < 1.29 is 9.59 Å². The third-order valence-corrected chi connectivity index (χ3v) is 6.48. The van der Waals surface area contributed by atoms with Gasteiger partial charge in [-0.2, -0.15) is 0 Å². The highest BCUT2D eigenvalue weighted by molar-refractivity contribution is 14.1. The van der Waals surface area contributed by atoms with Gasteiger partial charge in [-0.1, -0.05) is 57.2 Å². The van der Waals surface area contributed by atoms with Crippen LogP contribution >= 0.6 is 34.4 Å². The van der Waals surface area contributed by atoms with Gasteiger partial charge in [0.2, 0.25) is 11.8 Å². The predicted octanol–water partition coefficient (Wildman–Crippen LogP) is 7.14. The average molecular weight is 558 g/mol. The molecule has 0 spiro atoms. The molecule has 6 heteroatoms. The van der Waals surface area contributed by atoms with Gasteiger partial charge in [0.25, 0.3) is 0 Å². The molecule has 0 fully saturated rings. The number of halogens is 1. The quantitative estimate of drug-likeness (QED) is 0.240. The van der Waals surface area contributed by atoms with Crippen LogP contribution in [0.3, 0.4) is 0 Å². The van der Waals surface area contributed by atoms with Crippen LogP contribution in [0.25, 0.3) is 0 Å². The lowest BCUT2D eigenvalue weighted by Crippen LogP contribution is -2.20. The van der Waals surface area contributed by atoms with Crippen molar-refractivity contribution >= 4 is 57.5 Å². The van der Waals surface area contributed by atoms with Crippen LogP contribution < -0.4 is 10.6 Å². The van der Waals surface area contributed by atoms with E-state index in [1.807, 2.05) is 99.6 Å². The summed E-state index contributed by atoms with van der Waals surface area (Å²) in [7, 11) is 0. The van der Waals surface area contributed by atoms with Gasteiger partial charge in [-0.3, -0.25) is 9.59 Å². The molecule has 0 aliphatic heterocycles. The molecule has 2 N–H and O–H groups in total. The summed E-state index contributed by atoms with van der Waals surface area (Å²) < 4.78 is 1.11. The minimum atomic E-state index is -0.434. The van der Waals surface area contributed by atoms with E-state index in [4.69, 9.17) is 0 Å². The fourth-order valence-corrected chi connectivity index (χ4v) is 4.55. The first-order valence-electron chi connectivity index (χ1n) is 10.4. The number of nitrogens with one attached hydrogen (secondary N) is 2. The van der Waals surface area contributed by atoms with Gasteiger partial charge in [-0.05, 0) is 76.0 Å². The second-order valence-corrected chi connectivity index (χ2v) is 11.1. The standard InChI is InChI=1S/C26H27IN2O2S/c1-26(2,3)17-23(30)28-21-10-7-11-22(16-21)32-24(18-8-5-4-6-9-18)25(31)29-20-14-12-19(27)13-15-20/h4-16,24H,17H2,1-3H3,(H,28,30)(H,29,31). The molecule has 1 unspecified atom stereocenters. The van der Waals surface area contributed by atoms with Crippen molar-refractivity contribution in [3.63, 3.8) is 0 Å². The number of carbonyl (C=O) groups is 2. The summed E-state index contributed by atoms with van der Waals surface area (Å²) in [6.45, 7) is 6.11. The van der Waals surface area contributed by atoms with Gasteiger partial charge >= 0.3 is 0 Å². The summed E-state index contributed by atoms with van der Waals surface area (Å²) in [5.74, 6) is -0.111. The molecular weight excluding hydrogens is 531 g/mol. The molecule has 4 nitrogen and oxygen atoms in total. The van der Waals surface area contributed by atoms with Crippen LogP contribution in [-0.4, -0.2) is 11.8 Å². The Morgan fingerprint density at radius 2 is 1.56 bits per heavy atom. The zero-order chi connectivity index (χ0) is 23.1. The Morgan fingerprint density at radius 3 is 2.22 bits per heavy atom. The molecule has 0 radical (unpaired) electrons. The molecule has 2 amide bonds. The number of carbonyl (C=O) groups excluding carboxylic acids is 2. The van der Waals surface area contributed by atoms with Crippen LogP contribution in [0.2, 0.25) is 0 Å². The summed E-state index contributed by atoms with van der Waals surface area (Å²) in [4.78, 5) is 26.5. The van der Waals surface area contributed by atoms with Gasteiger partial charge in [0.15, 0.2) is 0 Å². The van der Waals surface area contributed by atoms with E-state index in [1.54, 1.807) is 0 Å². The number of hydrogen-bond acceptors (Lipinski definition) is 3. The number of thioether (sulfide) groups is 1. The number of amides is 2. The van der Waals surface area contributed by atoms with Crippen LogP contribution in [0.15, 0.2) is 83.8 Å². The number of benzene rings is 3. The van der Waals surface area contributed by atoms with Gasteiger partial charge in [-0.25, -0.2) is 0 Å². The first-order valence-corrected chi connectivity index (χ1v) is 12.3. The lowest BCUT2D eigenvalue weighted by Gasteiger charge is -2.19. The first kappa shape index (κ1) is 24.3. The predicted molar refractivity (Wildman–Crippen MR) is 142 cm³/mol. The van der Waals surface area contributed by atoms with Crippen LogP contribution in [0.1, 0.15) is 38.0 Å². The van der Waals surface area contributed by atoms with Crippen molar-refractivity contribution in [3.05, 3.63) is 88.0 Å². The highest BCUT2D eigenvalue weighted by atomic mass is 127. The second kappa shape index (κ2) is 11.0. The summed E-state index contributed by atoms with van der Waals surface area (Å²) in [6.07, 6.45) is 0.440. The molecule has 0 aliphatic rings. The Labute approximate surface area is 207 Å². The van der Waals surface area contributed by atoms with Crippen LogP contribution in [0.4, 0.5) is 11.4 Å². The van der Waals surface area contributed by atoms with E-state index in [-0.39, 0.29) is 17.2 Å². The number of hydrogen-bond donors (Lipinski definition) is 2. The van der Waals surface area contributed by atoms with E-state index in [9.17, 15) is 9.59 Å². The summed E-state index contributed by atoms with van der Waals surface area (Å²) in [5, 5.41) is 5.57. The molecule has 3 aromatic carbocycles. The molecule has 0 aliphatic carbocycles. The highest BCUT2D eigenvalue weighted by Crippen LogP contribution is 2.37. The molecule has 1 atom stereocenters. The second-order valence-electron chi connectivity index (χ2n) is 8.72. The maximum atomic E-state index is 13.2. The summed E-state index contributed by atoms with van der Waals surface area (Å²) in [6, 6.07) is 25.1. The van der Waals surface area contributed by atoms with Gasteiger partial charge < -0.3 is 10.6 Å². The minimum absolute atomic E-state index is 0.0179. The van der Waals surface area contributed by atoms with Gasteiger partial charge in [0.05, 0.1) is 0 Å². The van der Waals surface area contributed by atoms with Gasteiger partial charge in [-0.15, -0.1) is 11.8 Å². The van der Waals surface area contributed by atoms with E-state index in [1.165, 1.54) is 11.8 Å². The maximum absolute atomic E-state index is 13.2.